The van der Waals surface area contributed by atoms with Crippen molar-refractivity contribution in [3.8, 4) is 5.75 Å². The first-order chi connectivity index (χ1) is 13.1. The molecule has 1 atom stereocenters. The third kappa shape index (κ3) is 10.2. The first-order valence-corrected chi connectivity index (χ1v) is 11.9. The molecular weight excluding hydrogens is 328 g/mol. The van der Waals surface area contributed by atoms with Crippen molar-refractivity contribution in [1.29, 1.82) is 0 Å². The quantitative estimate of drug-likeness (QED) is 0.286. The van der Waals surface area contributed by atoms with Crippen molar-refractivity contribution in [2.24, 2.45) is 0 Å². The van der Waals surface area contributed by atoms with Crippen molar-refractivity contribution in [2.75, 3.05) is 0 Å². The van der Waals surface area contributed by atoms with Crippen LogP contribution in [-0.4, -0.2) is 5.11 Å². The summed E-state index contributed by atoms with van der Waals surface area (Å²) < 4.78 is 0. The molecule has 1 nitrogen and oxygen atoms in total. The van der Waals surface area contributed by atoms with E-state index in [0.29, 0.717) is 11.7 Å². The number of aromatic hydroxyl groups is 1. The van der Waals surface area contributed by atoms with Crippen LogP contribution in [0.4, 0.5) is 0 Å². The molecule has 0 aliphatic rings. The Morgan fingerprint density at radius 1 is 0.667 bits per heavy atom. The molecule has 156 valence electrons. The van der Waals surface area contributed by atoms with Gasteiger partial charge in [-0.1, -0.05) is 115 Å². The summed E-state index contributed by atoms with van der Waals surface area (Å²) in [5.74, 6) is 1.09. The summed E-state index contributed by atoms with van der Waals surface area (Å²) in [5, 5.41) is 10.6. The monoisotopic (exact) mass is 374 g/mol. The standard InChI is InChI=1S/C26H46O/c1-5-7-9-11-12-13-14-15-17-19-24(18-16-10-8-6-2)25-21-22(3)20-23(4)26(25)27/h20-21,24,27H,5-19H2,1-4H3. The van der Waals surface area contributed by atoms with Gasteiger partial charge in [0, 0.05) is 0 Å². The van der Waals surface area contributed by atoms with E-state index in [2.05, 4.69) is 32.9 Å². The molecule has 27 heavy (non-hydrogen) atoms. The molecule has 1 heteroatoms. The van der Waals surface area contributed by atoms with Gasteiger partial charge in [-0.15, -0.1) is 0 Å². The van der Waals surface area contributed by atoms with Crippen molar-refractivity contribution >= 4 is 0 Å². The predicted octanol–water partition coefficient (Wildman–Crippen LogP) is 8.98. The van der Waals surface area contributed by atoms with Crippen LogP contribution >= 0.6 is 0 Å². The normalized spacial score (nSPS) is 12.4. The second-order valence-electron chi connectivity index (χ2n) is 8.68. The molecule has 0 aliphatic heterocycles. The number of rotatable bonds is 16. The summed E-state index contributed by atoms with van der Waals surface area (Å²) in [6, 6.07) is 4.34. The first-order valence-electron chi connectivity index (χ1n) is 11.9. The predicted molar refractivity (Wildman–Crippen MR) is 121 cm³/mol. The molecule has 0 aromatic heterocycles. The van der Waals surface area contributed by atoms with Crippen LogP contribution in [0.2, 0.25) is 0 Å². The van der Waals surface area contributed by atoms with Crippen LogP contribution in [0.15, 0.2) is 12.1 Å². The highest BCUT2D eigenvalue weighted by Crippen LogP contribution is 2.36. The molecular formula is C26H46O. The zero-order chi connectivity index (χ0) is 19.9. The molecule has 0 heterocycles. The molecule has 1 unspecified atom stereocenters. The van der Waals surface area contributed by atoms with Crippen molar-refractivity contribution < 1.29 is 5.11 Å². The summed E-state index contributed by atoms with van der Waals surface area (Å²) in [5.41, 5.74) is 3.53. The van der Waals surface area contributed by atoms with Crippen molar-refractivity contribution in [2.45, 2.75) is 130 Å². The molecule has 0 bridgehead atoms. The number of hydrogen-bond donors (Lipinski definition) is 1. The van der Waals surface area contributed by atoms with Gasteiger partial charge in [-0.3, -0.25) is 0 Å². The second kappa shape index (κ2) is 15.0. The maximum Gasteiger partial charge on any atom is 0.121 e. The second-order valence-corrected chi connectivity index (χ2v) is 8.68. The molecule has 0 saturated carbocycles. The van der Waals surface area contributed by atoms with Crippen LogP contribution < -0.4 is 0 Å². The van der Waals surface area contributed by atoms with E-state index >= 15 is 0 Å². The van der Waals surface area contributed by atoms with Gasteiger partial charge in [0.15, 0.2) is 0 Å². The van der Waals surface area contributed by atoms with E-state index in [9.17, 15) is 5.11 Å². The number of unbranched alkanes of at least 4 members (excludes halogenated alkanes) is 11. The highest BCUT2D eigenvalue weighted by molar-refractivity contribution is 5.44. The molecule has 1 N–H and O–H groups in total. The van der Waals surface area contributed by atoms with E-state index in [4.69, 9.17) is 0 Å². The fourth-order valence-corrected chi connectivity index (χ4v) is 4.28. The zero-order valence-corrected chi connectivity index (χ0v) is 18.8. The largest absolute Gasteiger partial charge is 0.507 e. The van der Waals surface area contributed by atoms with Crippen molar-refractivity contribution in [1.82, 2.24) is 0 Å². The van der Waals surface area contributed by atoms with Crippen molar-refractivity contribution in [3.63, 3.8) is 0 Å². The highest BCUT2D eigenvalue weighted by Gasteiger charge is 2.17. The van der Waals surface area contributed by atoms with Gasteiger partial charge in [0.2, 0.25) is 0 Å². The summed E-state index contributed by atoms with van der Waals surface area (Å²) in [6.45, 7) is 8.75. The van der Waals surface area contributed by atoms with Crippen molar-refractivity contribution in [3.05, 3.63) is 28.8 Å². The maximum atomic E-state index is 10.6. The lowest BCUT2D eigenvalue weighted by Gasteiger charge is -2.20. The average molecular weight is 375 g/mol. The van der Waals surface area contributed by atoms with Crippen LogP contribution in [0.5, 0.6) is 5.75 Å². The molecule has 1 aromatic rings. The minimum Gasteiger partial charge on any atom is -0.507 e. The van der Waals surface area contributed by atoms with Crippen LogP contribution in [0.25, 0.3) is 0 Å². The van der Waals surface area contributed by atoms with E-state index in [0.717, 1.165) is 5.56 Å². The molecule has 1 rings (SSSR count). The molecule has 0 amide bonds. The summed E-state index contributed by atoms with van der Waals surface area (Å²) in [7, 11) is 0. The van der Waals surface area contributed by atoms with Gasteiger partial charge in [-0.05, 0) is 43.7 Å². The molecule has 1 aromatic carbocycles. The molecule has 0 fully saturated rings. The minimum absolute atomic E-state index is 0.532. The van der Waals surface area contributed by atoms with Gasteiger partial charge in [0.25, 0.3) is 0 Å². The van der Waals surface area contributed by atoms with Gasteiger partial charge in [0.05, 0.1) is 0 Å². The summed E-state index contributed by atoms with van der Waals surface area (Å²) in [6.07, 6.45) is 20.2. The lowest BCUT2D eigenvalue weighted by atomic mass is 9.86. The van der Waals surface area contributed by atoms with Gasteiger partial charge >= 0.3 is 0 Å². The summed E-state index contributed by atoms with van der Waals surface area (Å²) >= 11 is 0. The fourth-order valence-electron chi connectivity index (χ4n) is 4.28. The van der Waals surface area contributed by atoms with E-state index < -0.39 is 0 Å². The van der Waals surface area contributed by atoms with E-state index in [1.165, 1.54) is 107 Å². The maximum absolute atomic E-state index is 10.6. The van der Waals surface area contributed by atoms with Crippen LogP contribution in [0.1, 0.15) is 133 Å². The summed E-state index contributed by atoms with van der Waals surface area (Å²) in [4.78, 5) is 0. The van der Waals surface area contributed by atoms with Gasteiger partial charge in [-0.2, -0.15) is 0 Å². The lowest BCUT2D eigenvalue weighted by Crippen LogP contribution is -2.02. The third-order valence-corrected chi connectivity index (χ3v) is 5.98. The highest BCUT2D eigenvalue weighted by atomic mass is 16.3. The topological polar surface area (TPSA) is 20.2 Å². The smallest absolute Gasteiger partial charge is 0.121 e. The minimum atomic E-state index is 0.532. The van der Waals surface area contributed by atoms with Gasteiger partial charge in [0.1, 0.15) is 5.75 Å². The van der Waals surface area contributed by atoms with E-state index in [1.54, 1.807) is 0 Å². The van der Waals surface area contributed by atoms with Crippen LogP contribution in [0.3, 0.4) is 0 Å². The number of benzene rings is 1. The molecule has 0 spiro atoms. The van der Waals surface area contributed by atoms with E-state index in [1.807, 2.05) is 6.92 Å². The third-order valence-electron chi connectivity index (χ3n) is 5.98. The Kier molecular flexibility index (Phi) is 13.4. The SMILES string of the molecule is CCCCCCCCCCCC(CCCCCC)c1cc(C)cc(C)c1O. The fraction of sp³-hybridized carbons (Fsp3) is 0.769. The number of phenols is 1. The Morgan fingerprint density at radius 2 is 1.11 bits per heavy atom. The average Bonchev–Trinajstić information content (AvgIpc) is 2.65. The van der Waals surface area contributed by atoms with Crippen LogP contribution in [0, 0.1) is 13.8 Å². The lowest BCUT2D eigenvalue weighted by molar-refractivity contribution is 0.435. The molecule has 0 saturated heterocycles. The van der Waals surface area contributed by atoms with Crippen LogP contribution in [-0.2, 0) is 0 Å². The first kappa shape index (κ1) is 24.1. The number of hydrogen-bond acceptors (Lipinski definition) is 1. The number of phenolic OH excluding ortho intramolecular Hbond substituents is 1. The Hall–Kier alpha value is -0.980. The number of aryl methyl sites for hydroxylation is 2. The van der Waals surface area contributed by atoms with Gasteiger partial charge < -0.3 is 5.11 Å². The zero-order valence-electron chi connectivity index (χ0n) is 18.8. The Bertz CT molecular complexity index is 491. The molecule has 0 aliphatic carbocycles. The Balaban J connectivity index is 2.46. The molecule has 0 radical (unpaired) electrons. The van der Waals surface area contributed by atoms with E-state index in [-0.39, 0.29) is 0 Å². The Morgan fingerprint density at radius 3 is 1.63 bits per heavy atom. The Labute approximate surface area is 170 Å². The van der Waals surface area contributed by atoms with Gasteiger partial charge in [-0.25, -0.2) is 0 Å².